The van der Waals surface area contributed by atoms with Gasteiger partial charge in [0, 0.05) is 45.0 Å². The van der Waals surface area contributed by atoms with Crippen LogP contribution in [0.5, 0.6) is 0 Å². The van der Waals surface area contributed by atoms with Crippen LogP contribution in [0.25, 0.3) is 0 Å². The average Bonchev–Trinajstić information content (AvgIpc) is 3.09. The Hall–Kier alpha value is -1.08. The van der Waals surface area contributed by atoms with E-state index in [0.29, 0.717) is 12.6 Å². The molecule has 0 amide bonds. The van der Waals surface area contributed by atoms with Crippen LogP contribution >= 0.6 is 0 Å². The molecule has 1 fully saturated rings. The summed E-state index contributed by atoms with van der Waals surface area (Å²) in [6.07, 6.45) is 3.77. The van der Waals surface area contributed by atoms with Gasteiger partial charge in [-0.3, -0.25) is 4.68 Å². The quantitative estimate of drug-likeness (QED) is 0.792. The van der Waals surface area contributed by atoms with Gasteiger partial charge in [-0.2, -0.15) is 5.10 Å². The molecule has 0 saturated heterocycles. The number of anilines is 1. The maximum absolute atomic E-state index is 11.3. The minimum absolute atomic E-state index is 0.156. The van der Waals surface area contributed by atoms with E-state index in [2.05, 4.69) is 10.4 Å². The average molecular weight is 300 g/mol. The molecule has 7 heteroatoms. The molecule has 1 aromatic heterocycles. The van der Waals surface area contributed by atoms with Gasteiger partial charge >= 0.3 is 0 Å². The summed E-state index contributed by atoms with van der Waals surface area (Å²) < 4.78 is 24.4. The van der Waals surface area contributed by atoms with Gasteiger partial charge in [-0.25, -0.2) is 8.42 Å². The summed E-state index contributed by atoms with van der Waals surface area (Å²) in [5.41, 5.74) is 2.16. The normalized spacial score (nSPS) is 15.6. The van der Waals surface area contributed by atoms with Crippen molar-refractivity contribution in [1.82, 2.24) is 15.1 Å². The summed E-state index contributed by atoms with van der Waals surface area (Å²) >= 11 is 0. The lowest BCUT2D eigenvalue weighted by Crippen LogP contribution is -2.28. The van der Waals surface area contributed by atoms with Crippen molar-refractivity contribution < 1.29 is 8.42 Å². The van der Waals surface area contributed by atoms with Crippen LogP contribution in [-0.4, -0.2) is 49.8 Å². The first-order valence-electron chi connectivity index (χ1n) is 6.92. The van der Waals surface area contributed by atoms with E-state index >= 15 is 0 Å². The molecule has 0 bridgehead atoms. The molecular formula is C13H24N4O2S. The standard InChI is InChI=1S/C13H24N4O2S/c1-10-12(9-14-11-5-6-11)13(17(3)15-10)16(2)7-8-20(4,18)19/h11,14H,5-9H2,1-4H3. The summed E-state index contributed by atoms with van der Waals surface area (Å²) in [7, 11) is 0.873. The van der Waals surface area contributed by atoms with E-state index in [1.165, 1.54) is 19.1 Å². The first kappa shape index (κ1) is 15.3. The third-order valence-corrected chi connectivity index (χ3v) is 4.54. The fourth-order valence-corrected chi connectivity index (χ4v) is 2.92. The zero-order chi connectivity index (χ0) is 14.9. The van der Waals surface area contributed by atoms with Crippen LogP contribution in [0, 0.1) is 6.92 Å². The second-order valence-corrected chi connectivity index (χ2v) is 7.98. The van der Waals surface area contributed by atoms with E-state index < -0.39 is 9.84 Å². The van der Waals surface area contributed by atoms with Crippen molar-refractivity contribution in [2.45, 2.75) is 32.4 Å². The van der Waals surface area contributed by atoms with Crippen molar-refractivity contribution >= 4 is 15.7 Å². The van der Waals surface area contributed by atoms with Crippen molar-refractivity contribution in [2.75, 3.05) is 30.5 Å². The first-order chi connectivity index (χ1) is 9.28. The molecule has 1 aromatic rings. The van der Waals surface area contributed by atoms with E-state index in [-0.39, 0.29) is 5.75 Å². The molecule has 0 unspecified atom stereocenters. The van der Waals surface area contributed by atoms with Crippen molar-refractivity contribution in [2.24, 2.45) is 7.05 Å². The van der Waals surface area contributed by atoms with E-state index in [9.17, 15) is 8.42 Å². The topological polar surface area (TPSA) is 67.2 Å². The van der Waals surface area contributed by atoms with Crippen LogP contribution in [-0.2, 0) is 23.4 Å². The molecule has 0 aromatic carbocycles. The number of rotatable bonds is 7. The van der Waals surface area contributed by atoms with Crippen LogP contribution in [0.4, 0.5) is 5.82 Å². The molecule has 0 aliphatic heterocycles. The molecule has 1 heterocycles. The van der Waals surface area contributed by atoms with Crippen LogP contribution in [0.15, 0.2) is 0 Å². The van der Waals surface area contributed by atoms with Crippen molar-refractivity contribution in [1.29, 1.82) is 0 Å². The molecule has 0 radical (unpaired) electrons. The highest BCUT2D eigenvalue weighted by atomic mass is 32.2. The SMILES string of the molecule is Cc1nn(C)c(N(C)CCS(C)(=O)=O)c1CNC1CC1. The molecule has 0 spiro atoms. The fraction of sp³-hybridized carbons (Fsp3) is 0.769. The van der Waals surface area contributed by atoms with Gasteiger partial charge in [0.1, 0.15) is 15.7 Å². The lowest BCUT2D eigenvalue weighted by molar-refractivity contribution is 0.600. The van der Waals surface area contributed by atoms with Gasteiger partial charge in [0.15, 0.2) is 0 Å². The zero-order valence-corrected chi connectivity index (χ0v) is 13.5. The molecule has 20 heavy (non-hydrogen) atoms. The van der Waals surface area contributed by atoms with E-state index in [0.717, 1.165) is 23.6 Å². The highest BCUT2D eigenvalue weighted by Gasteiger charge is 2.23. The number of sulfone groups is 1. The predicted octanol–water partition coefficient (Wildman–Crippen LogP) is 0.461. The Balaban J connectivity index is 2.11. The summed E-state index contributed by atoms with van der Waals surface area (Å²) in [6, 6.07) is 0.642. The highest BCUT2D eigenvalue weighted by molar-refractivity contribution is 7.90. The van der Waals surface area contributed by atoms with Gasteiger partial charge in [-0.1, -0.05) is 0 Å². The van der Waals surface area contributed by atoms with Crippen molar-refractivity contribution in [3.8, 4) is 0 Å². The van der Waals surface area contributed by atoms with Crippen LogP contribution in [0.2, 0.25) is 0 Å². The fourth-order valence-electron chi connectivity index (χ4n) is 2.32. The Morgan fingerprint density at radius 3 is 2.65 bits per heavy atom. The third-order valence-electron chi connectivity index (χ3n) is 3.62. The molecule has 1 N–H and O–H groups in total. The van der Waals surface area contributed by atoms with Crippen LogP contribution < -0.4 is 10.2 Å². The number of aryl methyl sites for hydroxylation is 2. The Bertz CT molecular complexity index is 575. The Kier molecular flexibility index (Phi) is 4.39. The summed E-state index contributed by atoms with van der Waals surface area (Å²) in [6.45, 7) is 3.27. The van der Waals surface area contributed by atoms with Gasteiger partial charge in [-0.05, 0) is 19.8 Å². The second-order valence-electron chi connectivity index (χ2n) is 5.72. The number of nitrogens with zero attached hydrogens (tertiary/aromatic N) is 3. The lowest BCUT2D eigenvalue weighted by atomic mass is 10.2. The first-order valence-corrected chi connectivity index (χ1v) is 8.98. The maximum Gasteiger partial charge on any atom is 0.149 e. The monoisotopic (exact) mass is 300 g/mol. The lowest BCUT2D eigenvalue weighted by Gasteiger charge is -2.21. The van der Waals surface area contributed by atoms with Crippen molar-refractivity contribution in [3.05, 3.63) is 11.3 Å². The van der Waals surface area contributed by atoms with Gasteiger partial charge in [-0.15, -0.1) is 0 Å². The van der Waals surface area contributed by atoms with Gasteiger partial charge in [0.2, 0.25) is 0 Å². The molecule has 114 valence electrons. The highest BCUT2D eigenvalue weighted by Crippen LogP contribution is 2.25. The molecule has 1 aliphatic rings. The van der Waals surface area contributed by atoms with E-state index in [1.54, 1.807) is 0 Å². The summed E-state index contributed by atoms with van der Waals surface area (Å²) in [4.78, 5) is 1.98. The summed E-state index contributed by atoms with van der Waals surface area (Å²) in [5.74, 6) is 1.16. The molecule has 1 saturated carbocycles. The number of aromatic nitrogens is 2. The molecule has 6 nitrogen and oxygen atoms in total. The number of hydrogen-bond donors (Lipinski definition) is 1. The van der Waals surface area contributed by atoms with Crippen LogP contribution in [0.1, 0.15) is 24.1 Å². The third kappa shape index (κ3) is 3.96. The number of nitrogens with one attached hydrogen (secondary N) is 1. The maximum atomic E-state index is 11.3. The largest absolute Gasteiger partial charge is 0.359 e. The van der Waals surface area contributed by atoms with Crippen molar-refractivity contribution in [3.63, 3.8) is 0 Å². The van der Waals surface area contributed by atoms with Crippen LogP contribution in [0.3, 0.4) is 0 Å². The molecule has 1 aliphatic carbocycles. The smallest absolute Gasteiger partial charge is 0.149 e. The zero-order valence-electron chi connectivity index (χ0n) is 12.7. The minimum atomic E-state index is -2.95. The Labute approximate surface area is 121 Å². The van der Waals surface area contributed by atoms with Gasteiger partial charge < -0.3 is 10.2 Å². The molecule has 0 atom stereocenters. The predicted molar refractivity (Wildman–Crippen MR) is 80.8 cm³/mol. The second kappa shape index (κ2) is 5.73. The van der Waals surface area contributed by atoms with E-state index in [4.69, 9.17) is 0 Å². The van der Waals surface area contributed by atoms with E-state index in [1.807, 2.05) is 30.6 Å². The minimum Gasteiger partial charge on any atom is -0.359 e. The van der Waals surface area contributed by atoms with Gasteiger partial charge in [0.25, 0.3) is 0 Å². The van der Waals surface area contributed by atoms with Gasteiger partial charge in [0.05, 0.1) is 11.4 Å². The summed E-state index contributed by atoms with van der Waals surface area (Å²) in [5, 5.41) is 7.96. The Morgan fingerprint density at radius 2 is 2.10 bits per heavy atom. The number of hydrogen-bond acceptors (Lipinski definition) is 5. The Morgan fingerprint density at radius 1 is 1.45 bits per heavy atom. The molecular weight excluding hydrogens is 276 g/mol. The molecule has 2 rings (SSSR count).